The van der Waals surface area contributed by atoms with Crippen molar-refractivity contribution >= 4 is 34.1 Å². The number of aromatic amines is 1. The normalized spacial score (nSPS) is 14.2. The molecule has 0 atom stereocenters. The quantitative estimate of drug-likeness (QED) is 0.604. The van der Waals surface area contributed by atoms with E-state index in [2.05, 4.69) is 14.7 Å². The van der Waals surface area contributed by atoms with E-state index in [-0.39, 0.29) is 36.1 Å². The van der Waals surface area contributed by atoms with Gasteiger partial charge in [-0.25, -0.2) is 9.37 Å². The number of esters is 1. The Bertz CT molecular complexity index is 1120. The number of methoxy groups -OCH3 is 1. The van der Waals surface area contributed by atoms with Crippen LogP contribution in [0, 0.1) is 11.2 Å². The van der Waals surface area contributed by atoms with Gasteiger partial charge in [-0.05, 0) is 35.9 Å². The number of H-pyrrole nitrogens is 1. The fourth-order valence-electron chi connectivity index (χ4n) is 3.18. The number of hydrogen-bond acceptors (Lipinski definition) is 5. The maximum Gasteiger partial charge on any atom is 0.309 e. The Hall–Kier alpha value is -3.68. The number of nitrogens with one attached hydrogen (secondary N) is 2. The minimum Gasteiger partial charge on any atom is -0.509 e. The van der Waals surface area contributed by atoms with Crippen LogP contribution >= 0.6 is 0 Å². The number of carbonyl (C=O) groups is 1. The second-order valence-corrected chi connectivity index (χ2v) is 6.42. The second-order valence-electron chi connectivity index (χ2n) is 6.42. The molecule has 0 saturated carbocycles. The first-order valence-corrected chi connectivity index (χ1v) is 8.56. The van der Waals surface area contributed by atoms with Crippen LogP contribution in [0.15, 0.2) is 48.2 Å². The fourth-order valence-corrected chi connectivity index (χ4v) is 3.18. The van der Waals surface area contributed by atoms with E-state index < -0.39 is 5.82 Å². The molecule has 1 aromatic heterocycles. The van der Waals surface area contributed by atoms with E-state index in [0.717, 1.165) is 5.56 Å². The van der Waals surface area contributed by atoms with Crippen LogP contribution in [0.25, 0.3) is 16.6 Å². The predicted octanol–water partition coefficient (Wildman–Crippen LogP) is 3.18. The number of benzene rings is 2. The summed E-state index contributed by atoms with van der Waals surface area (Å²) in [6.07, 6.45) is 0.165. The molecule has 1 aliphatic rings. The maximum atomic E-state index is 13.4. The highest BCUT2D eigenvalue weighted by molar-refractivity contribution is 6.30. The zero-order chi connectivity index (χ0) is 19.8. The molecule has 0 unspecified atom stereocenters. The lowest BCUT2D eigenvalue weighted by atomic mass is 10.1. The van der Waals surface area contributed by atoms with Crippen LogP contribution in [0.5, 0.6) is 0 Å². The van der Waals surface area contributed by atoms with Gasteiger partial charge in [-0.2, -0.15) is 0 Å². The summed E-state index contributed by atoms with van der Waals surface area (Å²) in [4.78, 5) is 20.3. The first-order valence-electron chi connectivity index (χ1n) is 8.56. The fraction of sp³-hybridized carbons (Fsp3) is 0.150. The number of fused-ring (bicyclic) bond motifs is 1. The monoisotopic (exact) mass is 380 g/mol. The zero-order valence-electron chi connectivity index (χ0n) is 15.0. The SMILES string of the molecule is COC(=O)Cc1ccc(N2CC(O)=C(c3nc4ccc(F)cc4[nH]3)C2=N)cc1. The Balaban J connectivity index is 1.59. The third kappa shape index (κ3) is 3.09. The Morgan fingerprint density at radius 3 is 2.79 bits per heavy atom. The Morgan fingerprint density at radius 1 is 1.32 bits per heavy atom. The van der Waals surface area contributed by atoms with Crippen molar-refractivity contribution in [2.45, 2.75) is 6.42 Å². The number of carbonyl (C=O) groups excluding carboxylic acids is 1. The summed E-state index contributed by atoms with van der Waals surface area (Å²) in [5, 5.41) is 18.9. The molecule has 4 rings (SSSR count). The number of amidine groups is 1. The van der Waals surface area contributed by atoms with Gasteiger partial charge in [-0.1, -0.05) is 12.1 Å². The van der Waals surface area contributed by atoms with E-state index in [1.54, 1.807) is 35.2 Å². The molecule has 0 fully saturated rings. The Morgan fingerprint density at radius 2 is 2.07 bits per heavy atom. The summed E-state index contributed by atoms with van der Waals surface area (Å²) >= 11 is 0. The van der Waals surface area contributed by atoms with Gasteiger partial charge in [-0.3, -0.25) is 10.2 Å². The first kappa shape index (κ1) is 17.7. The smallest absolute Gasteiger partial charge is 0.309 e. The van der Waals surface area contributed by atoms with Crippen molar-refractivity contribution in [3.05, 3.63) is 65.4 Å². The van der Waals surface area contributed by atoms with Gasteiger partial charge >= 0.3 is 5.97 Å². The number of ether oxygens (including phenoxy) is 1. The topological polar surface area (TPSA) is 102 Å². The van der Waals surface area contributed by atoms with Gasteiger partial charge in [0, 0.05) is 5.69 Å². The predicted molar refractivity (Wildman–Crippen MR) is 103 cm³/mol. The standard InChI is InChI=1S/C20H17FN4O3/c1-28-17(27)8-11-2-5-13(6-3-11)25-10-16(26)18(19(25)22)20-23-14-7-4-12(21)9-15(14)24-20/h2-7,9,22,26H,8,10H2,1H3,(H,23,24). The summed E-state index contributed by atoms with van der Waals surface area (Å²) in [6, 6.07) is 11.3. The summed E-state index contributed by atoms with van der Waals surface area (Å²) in [5.74, 6) is -0.325. The number of aliphatic hydroxyl groups is 1. The molecule has 142 valence electrons. The van der Waals surface area contributed by atoms with E-state index >= 15 is 0 Å². The molecule has 3 N–H and O–H groups in total. The highest BCUT2D eigenvalue weighted by atomic mass is 19.1. The minimum absolute atomic E-state index is 0.00293. The van der Waals surface area contributed by atoms with Crippen LogP contribution in [0.3, 0.4) is 0 Å². The van der Waals surface area contributed by atoms with Crippen LogP contribution < -0.4 is 4.90 Å². The number of aliphatic hydroxyl groups excluding tert-OH is 1. The molecule has 8 heteroatoms. The van der Waals surface area contributed by atoms with Crippen LogP contribution in [0.4, 0.5) is 10.1 Å². The average Bonchev–Trinajstić information content (AvgIpc) is 3.21. The summed E-state index contributed by atoms with van der Waals surface area (Å²) in [6.45, 7) is 0.121. The summed E-state index contributed by atoms with van der Waals surface area (Å²) in [7, 11) is 1.34. The molecule has 0 amide bonds. The molecule has 2 aromatic carbocycles. The lowest BCUT2D eigenvalue weighted by molar-refractivity contribution is -0.139. The molecule has 7 nitrogen and oxygen atoms in total. The lowest BCUT2D eigenvalue weighted by Crippen LogP contribution is -2.26. The molecule has 0 spiro atoms. The summed E-state index contributed by atoms with van der Waals surface area (Å²) < 4.78 is 18.1. The first-order chi connectivity index (χ1) is 13.5. The van der Waals surface area contributed by atoms with Crippen molar-refractivity contribution in [3.8, 4) is 0 Å². The van der Waals surface area contributed by atoms with Crippen molar-refractivity contribution < 1.29 is 19.0 Å². The second kappa shape index (κ2) is 6.80. The third-order valence-electron chi connectivity index (χ3n) is 4.61. The maximum absolute atomic E-state index is 13.4. The van der Waals surface area contributed by atoms with E-state index in [1.165, 1.54) is 19.2 Å². The van der Waals surface area contributed by atoms with Crippen molar-refractivity contribution in [2.24, 2.45) is 0 Å². The molecule has 0 aliphatic carbocycles. The number of rotatable bonds is 4. The van der Waals surface area contributed by atoms with Gasteiger partial charge in [0.05, 0.1) is 36.7 Å². The average molecular weight is 380 g/mol. The molecule has 0 saturated heterocycles. The highest BCUT2D eigenvalue weighted by Crippen LogP contribution is 2.31. The number of aromatic nitrogens is 2. The zero-order valence-corrected chi connectivity index (χ0v) is 15.0. The molecule has 1 aliphatic heterocycles. The van der Waals surface area contributed by atoms with Gasteiger partial charge < -0.3 is 19.7 Å². The molecule has 2 heterocycles. The van der Waals surface area contributed by atoms with Gasteiger partial charge in [0.1, 0.15) is 23.2 Å². The van der Waals surface area contributed by atoms with Crippen molar-refractivity contribution in [2.75, 3.05) is 18.6 Å². The van der Waals surface area contributed by atoms with Crippen LogP contribution in [0.2, 0.25) is 0 Å². The molecule has 0 bridgehead atoms. The van der Waals surface area contributed by atoms with E-state index in [4.69, 9.17) is 5.41 Å². The highest BCUT2D eigenvalue weighted by Gasteiger charge is 2.31. The molecular formula is C20H17FN4O3. The number of imidazole rings is 1. The lowest BCUT2D eigenvalue weighted by Gasteiger charge is -2.18. The van der Waals surface area contributed by atoms with Gasteiger partial charge in [0.2, 0.25) is 0 Å². The van der Waals surface area contributed by atoms with E-state index in [1.807, 2.05) is 0 Å². The van der Waals surface area contributed by atoms with Crippen LogP contribution in [-0.4, -0.2) is 40.5 Å². The largest absolute Gasteiger partial charge is 0.509 e. The van der Waals surface area contributed by atoms with Crippen LogP contribution in [0.1, 0.15) is 11.4 Å². The Kier molecular flexibility index (Phi) is 4.31. The minimum atomic E-state index is -0.393. The van der Waals surface area contributed by atoms with Gasteiger partial charge in [0.15, 0.2) is 0 Å². The molecular weight excluding hydrogens is 363 g/mol. The Labute approximate surface area is 159 Å². The van der Waals surface area contributed by atoms with Crippen molar-refractivity contribution in [3.63, 3.8) is 0 Å². The number of halogens is 1. The van der Waals surface area contributed by atoms with Crippen molar-refractivity contribution in [1.29, 1.82) is 5.41 Å². The van der Waals surface area contributed by atoms with Crippen molar-refractivity contribution in [1.82, 2.24) is 9.97 Å². The molecule has 28 heavy (non-hydrogen) atoms. The van der Waals surface area contributed by atoms with E-state index in [9.17, 15) is 14.3 Å². The van der Waals surface area contributed by atoms with Crippen LogP contribution in [-0.2, 0) is 16.0 Å². The summed E-state index contributed by atoms with van der Waals surface area (Å²) in [5.41, 5.74) is 2.81. The van der Waals surface area contributed by atoms with Gasteiger partial charge in [-0.15, -0.1) is 0 Å². The molecule has 0 radical (unpaired) electrons. The number of anilines is 1. The molecule has 3 aromatic rings. The number of hydrogen-bond donors (Lipinski definition) is 3. The number of nitrogens with zero attached hydrogens (tertiary/aromatic N) is 2. The van der Waals surface area contributed by atoms with Gasteiger partial charge in [0.25, 0.3) is 0 Å². The van der Waals surface area contributed by atoms with E-state index in [0.29, 0.717) is 22.5 Å². The third-order valence-corrected chi connectivity index (χ3v) is 4.61.